The summed E-state index contributed by atoms with van der Waals surface area (Å²) in [4.78, 5) is 5.53. The van der Waals surface area contributed by atoms with Crippen molar-refractivity contribution < 1.29 is 5.11 Å². The first-order valence-corrected chi connectivity index (χ1v) is 6.44. The predicted molar refractivity (Wildman–Crippen MR) is 64.7 cm³/mol. The third kappa shape index (κ3) is 1.67. The van der Waals surface area contributed by atoms with Gasteiger partial charge in [0.25, 0.3) is 0 Å². The Bertz CT molecular complexity index is 520. The van der Waals surface area contributed by atoms with Crippen LogP contribution in [0.15, 0.2) is 18.3 Å². The second-order valence-electron chi connectivity index (χ2n) is 3.94. The largest absolute Gasteiger partial charge is 0.385 e. The zero-order valence-electron chi connectivity index (χ0n) is 8.56. The van der Waals surface area contributed by atoms with Crippen LogP contribution in [0, 0.1) is 0 Å². The van der Waals surface area contributed by atoms with E-state index in [0.717, 1.165) is 40.1 Å². The van der Waals surface area contributed by atoms with Crippen LogP contribution >= 0.6 is 22.9 Å². The molecule has 0 saturated carbocycles. The number of aryl methyl sites for hydroxylation is 1. The molecule has 0 radical (unpaired) electrons. The highest BCUT2D eigenvalue weighted by Crippen LogP contribution is 2.33. The number of aliphatic hydroxyl groups excluding tert-OH is 1. The molecule has 0 spiro atoms. The van der Waals surface area contributed by atoms with Crippen LogP contribution < -0.4 is 0 Å². The summed E-state index contributed by atoms with van der Waals surface area (Å²) < 4.78 is 2.80. The van der Waals surface area contributed by atoms with Gasteiger partial charge in [0, 0.05) is 12.7 Å². The Morgan fingerprint density at radius 3 is 3.06 bits per heavy atom. The molecule has 16 heavy (non-hydrogen) atoms. The van der Waals surface area contributed by atoms with Crippen molar-refractivity contribution in [1.29, 1.82) is 0 Å². The van der Waals surface area contributed by atoms with Crippen LogP contribution in [0.25, 0.3) is 10.6 Å². The minimum atomic E-state index is -0.419. The fraction of sp³-hybridized carbons (Fsp3) is 0.364. The average Bonchev–Trinajstić information content (AvgIpc) is 2.84. The zero-order valence-corrected chi connectivity index (χ0v) is 10.1. The number of aromatic nitrogens is 2. The molecule has 0 aliphatic carbocycles. The van der Waals surface area contributed by atoms with Crippen LogP contribution in [-0.4, -0.2) is 14.7 Å². The van der Waals surface area contributed by atoms with Crippen molar-refractivity contribution in [3.63, 3.8) is 0 Å². The fourth-order valence-corrected chi connectivity index (χ4v) is 3.03. The molecule has 1 atom stereocenters. The first-order valence-electron chi connectivity index (χ1n) is 5.25. The quantitative estimate of drug-likeness (QED) is 0.849. The Morgan fingerprint density at radius 1 is 1.50 bits per heavy atom. The number of thiophene rings is 1. The van der Waals surface area contributed by atoms with Crippen LogP contribution in [0.1, 0.15) is 24.8 Å². The van der Waals surface area contributed by atoms with Crippen molar-refractivity contribution in [2.24, 2.45) is 0 Å². The summed E-state index contributed by atoms with van der Waals surface area (Å²) in [5.74, 6) is 0.783. The van der Waals surface area contributed by atoms with E-state index in [-0.39, 0.29) is 0 Å². The highest BCUT2D eigenvalue weighted by Gasteiger charge is 2.21. The number of fused-ring (bicyclic) bond motifs is 1. The monoisotopic (exact) mass is 254 g/mol. The van der Waals surface area contributed by atoms with E-state index in [1.807, 2.05) is 22.9 Å². The van der Waals surface area contributed by atoms with Gasteiger partial charge in [-0.15, -0.1) is 11.3 Å². The van der Waals surface area contributed by atoms with Crippen molar-refractivity contribution >= 4 is 22.9 Å². The number of hydrogen-bond acceptors (Lipinski definition) is 3. The van der Waals surface area contributed by atoms with Crippen molar-refractivity contribution in [1.82, 2.24) is 9.55 Å². The van der Waals surface area contributed by atoms with Crippen molar-refractivity contribution in [3.8, 4) is 10.6 Å². The number of halogens is 1. The second-order valence-corrected chi connectivity index (χ2v) is 5.65. The van der Waals surface area contributed by atoms with Crippen LogP contribution in [0.3, 0.4) is 0 Å². The number of aliphatic hydroxyl groups is 1. The number of rotatable bonds is 1. The molecule has 5 heteroatoms. The summed E-state index contributed by atoms with van der Waals surface area (Å²) in [5.41, 5.74) is 0.910. The molecular weight excluding hydrogens is 244 g/mol. The molecular formula is C11H11ClN2OS. The third-order valence-corrected chi connectivity index (χ3v) is 4.06. The van der Waals surface area contributed by atoms with Gasteiger partial charge in [-0.25, -0.2) is 4.98 Å². The lowest BCUT2D eigenvalue weighted by atomic mass is 10.1. The molecule has 84 valence electrons. The number of nitrogens with zero attached hydrogens (tertiary/aromatic N) is 2. The molecule has 1 aliphatic heterocycles. The Morgan fingerprint density at radius 2 is 2.38 bits per heavy atom. The summed E-state index contributed by atoms with van der Waals surface area (Å²) in [6.45, 7) is 0.943. The average molecular weight is 255 g/mol. The molecule has 0 fully saturated rings. The summed E-state index contributed by atoms with van der Waals surface area (Å²) in [6.07, 6.45) is 3.40. The highest BCUT2D eigenvalue weighted by atomic mass is 35.5. The van der Waals surface area contributed by atoms with E-state index in [1.54, 1.807) is 0 Å². The van der Waals surface area contributed by atoms with Gasteiger partial charge < -0.3 is 9.67 Å². The summed E-state index contributed by atoms with van der Waals surface area (Å²) in [5, 5.41) is 9.82. The van der Waals surface area contributed by atoms with Gasteiger partial charge in [0.2, 0.25) is 0 Å². The maximum Gasteiger partial charge on any atom is 0.138 e. The third-order valence-electron chi connectivity index (χ3n) is 2.81. The molecule has 1 aliphatic rings. The van der Waals surface area contributed by atoms with Gasteiger partial charge in [-0.05, 0) is 25.0 Å². The van der Waals surface area contributed by atoms with Gasteiger partial charge in [0.05, 0.1) is 14.9 Å². The Labute approximate surface area is 102 Å². The highest BCUT2D eigenvalue weighted by molar-refractivity contribution is 7.19. The minimum Gasteiger partial charge on any atom is -0.385 e. The Kier molecular flexibility index (Phi) is 2.50. The van der Waals surface area contributed by atoms with Gasteiger partial charge in [-0.1, -0.05) is 11.6 Å². The van der Waals surface area contributed by atoms with Crippen molar-refractivity contribution in [2.75, 3.05) is 0 Å². The number of imidazole rings is 1. The van der Waals surface area contributed by atoms with E-state index in [2.05, 4.69) is 4.98 Å². The first-order chi connectivity index (χ1) is 7.74. The fourth-order valence-electron chi connectivity index (χ4n) is 2.03. The SMILES string of the molecule is O[C@@H]1CCCn2cc(-c3ccc(Cl)s3)nc21. The van der Waals surface area contributed by atoms with Crippen LogP contribution in [0.2, 0.25) is 4.34 Å². The van der Waals surface area contributed by atoms with Gasteiger partial charge in [0.1, 0.15) is 11.9 Å². The Hall–Kier alpha value is -0.840. The molecule has 0 aromatic carbocycles. The molecule has 0 unspecified atom stereocenters. The van der Waals surface area contributed by atoms with E-state index < -0.39 is 6.10 Å². The van der Waals surface area contributed by atoms with Crippen LogP contribution in [-0.2, 0) is 6.54 Å². The lowest BCUT2D eigenvalue weighted by Gasteiger charge is -2.18. The van der Waals surface area contributed by atoms with Crippen LogP contribution in [0.5, 0.6) is 0 Å². The first kappa shape index (κ1) is 10.3. The summed E-state index contributed by atoms with van der Waals surface area (Å²) in [6, 6.07) is 3.84. The van der Waals surface area contributed by atoms with E-state index in [0.29, 0.717) is 0 Å². The molecule has 0 bridgehead atoms. The molecule has 1 N–H and O–H groups in total. The summed E-state index contributed by atoms with van der Waals surface area (Å²) in [7, 11) is 0. The van der Waals surface area contributed by atoms with Gasteiger partial charge in [-0.2, -0.15) is 0 Å². The van der Waals surface area contributed by atoms with Gasteiger partial charge >= 0.3 is 0 Å². The number of hydrogen-bond donors (Lipinski definition) is 1. The molecule has 0 saturated heterocycles. The zero-order chi connectivity index (χ0) is 11.1. The predicted octanol–water partition coefficient (Wildman–Crippen LogP) is 3.09. The minimum absolute atomic E-state index is 0.419. The molecule has 3 nitrogen and oxygen atoms in total. The topological polar surface area (TPSA) is 38.0 Å². The summed E-state index contributed by atoms with van der Waals surface area (Å²) >= 11 is 7.41. The molecule has 3 rings (SSSR count). The lowest BCUT2D eigenvalue weighted by molar-refractivity contribution is 0.134. The van der Waals surface area contributed by atoms with E-state index in [9.17, 15) is 5.11 Å². The van der Waals surface area contributed by atoms with Crippen molar-refractivity contribution in [3.05, 3.63) is 28.5 Å². The van der Waals surface area contributed by atoms with E-state index in [1.165, 1.54) is 11.3 Å². The molecule has 2 aromatic rings. The van der Waals surface area contributed by atoms with Gasteiger partial charge in [0.15, 0.2) is 0 Å². The normalized spacial score (nSPS) is 19.8. The molecule has 3 heterocycles. The standard InChI is InChI=1S/C11H11ClN2OS/c12-10-4-3-9(16-10)7-6-14-5-1-2-8(15)11(14)13-7/h3-4,6,8,15H,1-2,5H2/t8-/m1/s1. The smallest absolute Gasteiger partial charge is 0.138 e. The second kappa shape index (κ2) is 3.87. The maximum atomic E-state index is 9.82. The lowest BCUT2D eigenvalue weighted by Crippen LogP contribution is -2.14. The van der Waals surface area contributed by atoms with E-state index >= 15 is 0 Å². The van der Waals surface area contributed by atoms with Gasteiger partial charge in [-0.3, -0.25) is 0 Å². The molecule has 2 aromatic heterocycles. The van der Waals surface area contributed by atoms with E-state index in [4.69, 9.17) is 11.6 Å². The maximum absolute atomic E-state index is 9.82. The van der Waals surface area contributed by atoms with Crippen molar-refractivity contribution in [2.45, 2.75) is 25.5 Å². The van der Waals surface area contributed by atoms with Crippen LogP contribution in [0.4, 0.5) is 0 Å². The molecule has 0 amide bonds. The Balaban J connectivity index is 2.04.